The van der Waals surface area contributed by atoms with E-state index in [0.29, 0.717) is 10.5 Å². The Morgan fingerprint density at radius 1 is 1.00 bits per heavy atom. The lowest BCUT2D eigenvalue weighted by atomic mass is 10.2. The third-order valence-electron chi connectivity index (χ3n) is 3.19. The second kappa shape index (κ2) is 7.12. The molecule has 25 heavy (non-hydrogen) atoms. The third-order valence-corrected chi connectivity index (χ3v) is 5.07. The highest BCUT2D eigenvalue weighted by Gasteiger charge is 2.32. The van der Waals surface area contributed by atoms with Crippen LogP contribution < -0.4 is 14.2 Å². The standard InChI is InChI=1S/C15H13BrF3NO4S/c1-23-12-5-3-9(15(17,18)19)7-11(12)20-25(21,22)14-8-10(16)4-6-13(14)24-2/h3-8,20H,1-2H3. The fourth-order valence-corrected chi connectivity index (χ4v) is 3.79. The molecule has 0 atom stereocenters. The number of benzene rings is 2. The van der Waals surface area contributed by atoms with E-state index in [-0.39, 0.29) is 22.1 Å². The first-order chi connectivity index (χ1) is 11.6. The lowest BCUT2D eigenvalue weighted by Crippen LogP contribution is -2.16. The summed E-state index contributed by atoms with van der Waals surface area (Å²) in [7, 11) is -1.72. The van der Waals surface area contributed by atoms with Crippen molar-refractivity contribution >= 4 is 31.6 Å². The molecule has 0 bridgehead atoms. The number of hydrogen-bond acceptors (Lipinski definition) is 4. The van der Waals surface area contributed by atoms with Crippen molar-refractivity contribution in [3.05, 3.63) is 46.4 Å². The van der Waals surface area contributed by atoms with Crippen molar-refractivity contribution in [3.8, 4) is 11.5 Å². The van der Waals surface area contributed by atoms with E-state index >= 15 is 0 Å². The zero-order valence-electron chi connectivity index (χ0n) is 13.0. The van der Waals surface area contributed by atoms with Crippen molar-refractivity contribution in [2.24, 2.45) is 0 Å². The van der Waals surface area contributed by atoms with Crippen LogP contribution in [0.15, 0.2) is 45.8 Å². The lowest BCUT2D eigenvalue weighted by molar-refractivity contribution is -0.137. The van der Waals surface area contributed by atoms with Crippen molar-refractivity contribution in [2.45, 2.75) is 11.1 Å². The Hall–Kier alpha value is -1.94. The Balaban J connectivity index is 2.53. The molecular formula is C15H13BrF3NO4S. The van der Waals surface area contributed by atoms with Gasteiger partial charge in [0, 0.05) is 4.47 Å². The van der Waals surface area contributed by atoms with Gasteiger partial charge in [-0.2, -0.15) is 13.2 Å². The number of alkyl halides is 3. The summed E-state index contributed by atoms with van der Waals surface area (Å²) in [6, 6.07) is 6.78. The molecule has 0 saturated heterocycles. The van der Waals surface area contributed by atoms with E-state index in [4.69, 9.17) is 9.47 Å². The van der Waals surface area contributed by atoms with Crippen LogP contribution in [-0.4, -0.2) is 22.6 Å². The van der Waals surface area contributed by atoms with Crippen LogP contribution in [0.5, 0.6) is 11.5 Å². The second-order valence-electron chi connectivity index (χ2n) is 4.81. The van der Waals surface area contributed by atoms with E-state index in [1.165, 1.54) is 26.4 Å². The van der Waals surface area contributed by atoms with Gasteiger partial charge in [-0.25, -0.2) is 8.42 Å². The van der Waals surface area contributed by atoms with Crippen LogP contribution in [0.1, 0.15) is 5.56 Å². The van der Waals surface area contributed by atoms with Crippen LogP contribution in [0.3, 0.4) is 0 Å². The fourth-order valence-electron chi connectivity index (χ4n) is 2.02. The highest BCUT2D eigenvalue weighted by Crippen LogP contribution is 2.37. The van der Waals surface area contributed by atoms with Crippen LogP contribution >= 0.6 is 15.9 Å². The molecule has 0 amide bonds. The molecule has 0 aliphatic heterocycles. The monoisotopic (exact) mass is 439 g/mol. The van der Waals surface area contributed by atoms with Crippen molar-refractivity contribution in [1.29, 1.82) is 0 Å². The van der Waals surface area contributed by atoms with E-state index in [1.54, 1.807) is 6.07 Å². The predicted octanol–water partition coefficient (Wildman–Crippen LogP) is 4.29. The van der Waals surface area contributed by atoms with E-state index in [2.05, 4.69) is 20.7 Å². The molecule has 0 spiro atoms. The van der Waals surface area contributed by atoms with Gasteiger partial charge < -0.3 is 9.47 Å². The molecule has 2 rings (SSSR count). The molecule has 2 aromatic carbocycles. The number of ether oxygens (including phenoxy) is 2. The molecule has 0 fully saturated rings. The number of sulfonamides is 1. The van der Waals surface area contributed by atoms with Gasteiger partial charge in [-0.3, -0.25) is 4.72 Å². The molecule has 0 unspecified atom stereocenters. The van der Waals surface area contributed by atoms with Gasteiger partial charge in [0.2, 0.25) is 0 Å². The summed E-state index contributed by atoms with van der Waals surface area (Å²) in [5.41, 5.74) is -1.34. The largest absolute Gasteiger partial charge is 0.495 e. The first-order valence-electron chi connectivity index (χ1n) is 6.70. The number of halogens is 4. The van der Waals surface area contributed by atoms with Crippen LogP contribution in [0.2, 0.25) is 0 Å². The summed E-state index contributed by atoms with van der Waals surface area (Å²) in [4.78, 5) is -0.233. The summed E-state index contributed by atoms with van der Waals surface area (Å²) >= 11 is 3.15. The minimum Gasteiger partial charge on any atom is -0.495 e. The number of methoxy groups -OCH3 is 2. The third kappa shape index (κ3) is 4.37. The maximum atomic E-state index is 12.9. The molecule has 136 valence electrons. The summed E-state index contributed by atoms with van der Waals surface area (Å²) in [5, 5.41) is 0. The van der Waals surface area contributed by atoms with Gasteiger partial charge in [0.1, 0.15) is 16.4 Å². The number of rotatable bonds is 5. The van der Waals surface area contributed by atoms with Crippen molar-refractivity contribution < 1.29 is 31.1 Å². The number of hydrogen-bond donors (Lipinski definition) is 1. The molecule has 0 saturated carbocycles. The molecule has 1 N–H and O–H groups in total. The van der Waals surface area contributed by atoms with Crippen LogP contribution in [0, 0.1) is 0 Å². The Morgan fingerprint density at radius 2 is 1.60 bits per heavy atom. The topological polar surface area (TPSA) is 64.6 Å². The minimum atomic E-state index is -4.63. The summed E-state index contributed by atoms with van der Waals surface area (Å²) in [6.45, 7) is 0. The Labute approximate surface area is 150 Å². The zero-order chi connectivity index (χ0) is 18.8. The van der Waals surface area contributed by atoms with Gasteiger partial charge in [-0.1, -0.05) is 15.9 Å². The summed E-state index contributed by atoms with van der Waals surface area (Å²) < 4.78 is 76.4. The van der Waals surface area contributed by atoms with E-state index in [1.807, 2.05) is 0 Å². The lowest BCUT2D eigenvalue weighted by Gasteiger charge is -2.16. The molecule has 0 heterocycles. The van der Waals surface area contributed by atoms with Gasteiger partial charge in [0.25, 0.3) is 10.0 Å². The van der Waals surface area contributed by atoms with Gasteiger partial charge >= 0.3 is 6.18 Å². The van der Waals surface area contributed by atoms with Crippen molar-refractivity contribution in [2.75, 3.05) is 18.9 Å². The van der Waals surface area contributed by atoms with Gasteiger partial charge in [0.15, 0.2) is 0 Å². The van der Waals surface area contributed by atoms with Crippen LogP contribution in [0.25, 0.3) is 0 Å². The zero-order valence-corrected chi connectivity index (χ0v) is 15.4. The molecule has 0 aliphatic carbocycles. The maximum Gasteiger partial charge on any atom is 0.416 e. The Kier molecular flexibility index (Phi) is 5.52. The van der Waals surface area contributed by atoms with Crippen molar-refractivity contribution in [3.63, 3.8) is 0 Å². The first-order valence-corrected chi connectivity index (χ1v) is 8.97. The van der Waals surface area contributed by atoms with Crippen molar-refractivity contribution in [1.82, 2.24) is 0 Å². The molecule has 0 aliphatic rings. The van der Waals surface area contributed by atoms with E-state index in [9.17, 15) is 21.6 Å². The van der Waals surface area contributed by atoms with Crippen LogP contribution in [0.4, 0.5) is 18.9 Å². The SMILES string of the molecule is COc1ccc(C(F)(F)F)cc1NS(=O)(=O)c1cc(Br)ccc1OC. The molecule has 2 aromatic rings. The quantitative estimate of drug-likeness (QED) is 0.754. The van der Waals surface area contributed by atoms with E-state index in [0.717, 1.165) is 12.1 Å². The highest BCUT2D eigenvalue weighted by molar-refractivity contribution is 9.10. The minimum absolute atomic E-state index is 0.0432. The first kappa shape index (κ1) is 19.4. The van der Waals surface area contributed by atoms with Gasteiger partial charge in [0.05, 0.1) is 25.5 Å². The second-order valence-corrected chi connectivity index (χ2v) is 7.38. The Bertz CT molecular complexity index is 885. The highest BCUT2D eigenvalue weighted by atomic mass is 79.9. The van der Waals surface area contributed by atoms with Gasteiger partial charge in [-0.05, 0) is 36.4 Å². The molecule has 10 heteroatoms. The predicted molar refractivity (Wildman–Crippen MR) is 89.5 cm³/mol. The summed E-state index contributed by atoms with van der Waals surface area (Å²) in [5.74, 6) is -0.00724. The maximum absolute atomic E-state index is 12.9. The smallest absolute Gasteiger partial charge is 0.416 e. The van der Waals surface area contributed by atoms with Gasteiger partial charge in [-0.15, -0.1) is 0 Å². The normalized spacial score (nSPS) is 11.9. The average Bonchev–Trinajstić information content (AvgIpc) is 2.53. The average molecular weight is 440 g/mol. The Morgan fingerprint density at radius 3 is 2.16 bits per heavy atom. The fraction of sp³-hybridized carbons (Fsp3) is 0.200. The van der Waals surface area contributed by atoms with Crippen LogP contribution in [-0.2, 0) is 16.2 Å². The van der Waals surface area contributed by atoms with E-state index < -0.39 is 21.8 Å². The molecular weight excluding hydrogens is 427 g/mol. The molecule has 5 nitrogen and oxygen atoms in total. The number of anilines is 1. The number of nitrogens with one attached hydrogen (secondary N) is 1. The summed E-state index contributed by atoms with van der Waals surface area (Å²) in [6.07, 6.45) is -4.63. The molecule has 0 radical (unpaired) electrons. The molecule has 0 aromatic heterocycles.